The quantitative estimate of drug-likeness (QED) is 0.932. The third-order valence-electron chi connectivity index (χ3n) is 3.93. The summed E-state index contributed by atoms with van der Waals surface area (Å²) in [7, 11) is 1.82. The van der Waals surface area contributed by atoms with E-state index in [0.717, 1.165) is 24.1 Å². The summed E-state index contributed by atoms with van der Waals surface area (Å²) in [5.41, 5.74) is 2.37. The maximum Gasteiger partial charge on any atom is 0.339 e. The van der Waals surface area contributed by atoms with Crippen molar-refractivity contribution < 1.29 is 9.90 Å². The van der Waals surface area contributed by atoms with E-state index in [0.29, 0.717) is 11.7 Å². The minimum atomic E-state index is -0.937. The predicted octanol–water partition coefficient (Wildman–Crippen LogP) is 2.41. The molecule has 0 amide bonds. The van der Waals surface area contributed by atoms with Crippen molar-refractivity contribution in [2.24, 2.45) is 7.05 Å². The summed E-state index contributed by atoms with van der Waals surface area (Å²) in [5.74, 6) is -0.937. The van der Waals surface area contributed by atoms with E-state index >= 15 is 0 Å². The molecule has 1 aliphatic carbocycles. The molecule has 6 nitrogen and oxygen atoms in total. The highest BCUT2D eigenvalue weighted by atomic mass is 16.4. The molecule has 0 atom stereocenters. The summed E-state index contributed by atoms with van der Waals surface area (Å²) in [6, 6.07) is 0.332. The van der Waals surface area contributed by atoms with Crippen LogP contribution < -0.4 is 0 Å². The van der Waals surface area contributed by atoms with E-state index in [4.69, 9.17) is 0 Å². The Balaban J connectivity index is 2.08. The highest BCUT2D eigenvalue weighted by Crippen LogP contribution is 2.32. The monoisotopic (exact) mass is 274 g/mol. The van der Waals surface area contributed by atoms with Crippen LogP contribution in [0.5, 0.6) is 0 Å². The van der Waals surface area contributed by atoms with Crippen molar-refractivity contribution in [2.75, 3.05) is 0 Å². The molecule has 3 rings (SSSR count). The number of aryl methyl sites for hydroxylation is 2. The van der Waals surface area contributed by atoms with Crippen LogP contribution in [0, 0.1) is 6.92 Å². The molecule has 6 heteroatoms. The first-order valence-electron chi connectivity index (χ1n) is 6.89. The van der Waals surface area contributed by atoms with Gasteiger partial charge in [0.05, 0.1) is 11.7 Å². The Bertz CT molecular complexity index is 650. The first-order valence-corrected chi connectivity index (χ1v) is 6.89. The smallest absolute Gasteiger partial charge is 0.339 e. The Morgan fingerprint density at radius 3 is 2.55 bits per heavy atom. The van der Waals surface area contributed by atoms with Crippen LogP contribution in [0.25, 0.3) is 11.3 Å². The molecule has 1 saturated carbocycles. The van der Waals surface area contributed by atoms with E-state index in [1.807, 2.05) is 24.9 Å². The lowest BCUT2D eigenvalue weighted by molar-refractivity contribution is 0.0697. The second kappa shape index (κ2) is 4.77. The molecule has 0 radical (unpaired) electrons. The summed E-state index contributed by atoms with van der Waals surface area (Å²) < 4.78 is 3.52. The van der Waals surface area contributed by atoms with Gasteiger partial charge in [-0.3, -0.25) is 9.36 Å². The average molecular weight is 274 g/mol. The van der Waals surface area contributed by atoms with Crippen LogP contribution in [0.1, 0.15) is 47.8 Å². The molecule has 0 bridgehead atoms. The third kappa shape index (κ3) is 2.11. The van der Waals surface area contributed by atoms with Gasteiger partial charge in [-0.15, -0.1) is 0 Å². The molecule has 2 heterocycles. The number of hydrogen-bond donors (Lipinski definition) is 1. The van der Waals surface area contributed by atoms with Gasteiger partial charge in [0.1, 0.15) is 11.3 Å². The van der Waals surface area contributed by atoms with Gasteiger partial charge >= 0.3 is 5.97 Å². The minimum absolute atomic E-state index is 0.257. The van der Waals surface area contributed by atoms with Gasteiger partial charge in [0.25, 0.3) is 0 Å². The summed E-state index contributed by atoms with van der Waals surface area (Å²) in [6.45, 7) is 1.87. The van der Waals surface area contributed by atoms with Crippen molar-refractivity contribution in [1.29, 1.82) is 0 Å². The summed E-state index contributed by atoms with van der Waals surface area (Å²) in [4.78, 5) is 11.5. The standard InChI is InChI=1S/C14H18N4O2/c1-9-11(7-17(2)15-9)13-12(14(19)20)8-18(16-13)10-5-3-4-6-10/h7-8,10H,3-6H2,1-2H3,(H,19,20). The fraction of sp³-hybridized carbons (Fsp3) is 0.500. The van der Waals surface area contributed by atoms with E-state index in [-0.39, 0.29) is 5.56 Å². The van der Waals surface area contributed by atoms with E-state index in [2.05, 4.69) is 10.2 Å². The molecule has 0 unspecified atom stereocenters. The second-order valence-electron chi connectivity index (χ2n) is 5.42. The van der Waals surface area contributed by atoms with Crippen LogP contribution >= 0.6 is 0 Å². The van der Waals surface area contributed by atoms with Crippen LogP contribution in [0.15, 0.2) is 12.4 Å². The predicted molar refractivity (Wildman–Crippen MR) is 73.6 cm³/mol. The molecule has 0 saturated heterocycles. The molecule has 0 spiro atoms. The summed E-state index contributed by atoms with van der Waals surface area (Å²) in [5, 5.41) is 18.2. The van der Waals surface area contributed by atoms with Crippen LogP contribution in [0.4, 0.5) is 0 Å². The fourth-order valence-corrected chi connectivity index (χ4v) is 2.94. The van der Waals surface area contributed by atoms with Crippen molar-refractivity contribution >= 4 is 5.97 Å². The number of carboxylic acid groups (broad SMARTS) is 1. The van der Waals surface area contributed by atoms with Crippen molar-refractivity contribution in [2.45, 2.75) is 38.6 Å². The largest absolute Gasteiger partial charge is 0.478 e. The zero-order chi connectivity index (χ0) is 14.3. The summed E-state index contributed by atoms with van der Waals surface area (Å²) >= 11 is 0. The Hall–Kier alpha value is -2.11. The first kappa shape index (κ1) is 12.9. The molecule has 0 aliphatic heterocycles. The van der Waals surface area contributed by atoms with E-state index < -0.39 is 5.97 Å². The normalized spacial score (nSPS) is 15.9. The third-order valence-corrected chi connectivity index (χ3v) is 3.93. The second-order valence-corrected chi connectivity index (χ2v) is 5.42. The van der Waals surface area contributed by atoms with Crippen molar-refractivity contribution in [3.8, 4) is 11.3 Å². The molecule has 1 aliphatic rings. The van der Waals surface area contributed by atoms with E-state index in [1.165, 1.54) is 12.8 Å². The van der Waals surface area contributed by atoms with Gasteiger partial charge in [-0.05, 0) is 19.8 Å². The molecule has 0 aromatic carbocycles. The molecule has 1 N–H and O–H groups in total. The molecular formula is C14H18N4O2. The fourth-order valence-electron chi connectivity index (χ4n) is 2.94. The topological polar surface area (TPSA) is 72.9 Å². The zero-order valence-electron chi connectivity index (χ0n) is 11.7. The number of carboxylic acids is 1. The number of rotatable bonds is 3. The lowest BCUT2D eigenvalue weighted by Gasteiger charge is -2.08. The number of carbonyl (C=O) groups is 1. The van der Waals surface area contributed by atoms with Crippen LogP contribution in [-0.2, 0) is 7.05 Å². The Morgan fingerprint density at radius 2 is 2.00 bits per heavy atom. The molecule has 2 aromatic heterocycles. The van der Waals surface area contributed by atoms with Crippen molar-refractivity contribution in [3.05, 3.63) is 23.7 Å². The highest BCUT2D eigenvalue weighted by Gasteiger charge is 2.24. The van der Waals surface area contributed by atoms with Crippen molar-refractivity contribution in [1.82, 2.24) is 19.6 Å². The molecule has 106 valence electrons. The van der Waals surface area contributed by atoms with Gasteiger partial charge in [0, 0.05) is 25.0 Å². The Morgan fingerprint density at radius 1 is 1.30 bits per heavy atom. The van der Waals surface area contributed by atoms with Gasteiger partial charge in [-0.25, -0.2) is 4.79 Å². The molecule has 1 fully saturated rings. The zero-order valence-corrected chi connectivity index (χ0v) is 11.7. The first-order chi connectivity index (χ1) is 9.56. The molecule has 2 aromatic rings. The number of hydrogen-bond acceptors (Lipinski definition) is 3. The van der Waals surface area contributed by atoms with E-state index in [1.54, 1.807) is 10.9 Å². The molecular weight excluding hydrogens is 256 g/mol. The van der Waals surface area contributed by atoms with Crippen molar-refractivity contribution in [3.63, 3.8) is 0 Å². The summed E-state index contributed by atoms with van der Waals surface area (Å²) in [6.07, 6.45) is 8.02. The number of aromatic carboxylic acids is 1. The molecule has 20 heavy (non-hydrogen) atoms. The van der Waals surface area contributed by atoms with Crippen LogP contribution in [-0.4, -0.2) is 30.6 Å². The van der Waals surface area contributed by atoms with Gasteiger partial charge in [0.2, 0.25) is 0 Å². The lowest BCUT2D eigenvalue weighted by atomic mass is 10.1. The SMILES string of the molecule is Cc1nn(C)cc1-c1nn(C2CCCC2)cc1C(=O)O. The van der Waals surface area contributed by atoms with Gasteiger partial charge < -0.3 is 5.11 Å². The van der Waals surface area contributed by atoms with Gasteiger partial charge in [0.15, 0.2) is 0 Å². The number of aromatic nitrogens is 4. The maximum atomic E-state index is 11.5. The van der Waals surface area contributed by atoms with Gasteiger partial charge in [-0.1, -0.05) is 12.8 Å². The Labute approximate surface area is 117 Å². The van der Waals surface area contributed by atoms with E-state index in [9.17, 15) is 9.90 Å². The Kier molecular flexibility index (Phi) is 3.08. The average Bonchev–Trinajstić information content (AvgIpc) is 3.07. The maximum absolute atomic E-state index is 11.5. The number of nitrogens with zero attached hydrogens (tertiary/aromatic N) is 4. The van der Waals surface area contributed by atoms with Crippen LogP contribution in [0.2, 0.25) is 0 Å². The van der Waals surface area contributed by atoms with Gasteiger partial charge in [-0.2, -0.15) is 10.2 Å². The highest BCUT2D eigenvalue weighted by molar-refractivity contribution is 5.94. The lowest BCUT2D eigenvalue weighted by Crippen LogP contribution is -2.05. The minimum Gasteiger partial charge on any atom is -0.478 e. The van der Waals surface area contributed by atoms with Crippen LogP contribution in [0.3, 0.4) is 0 Å².